The molecule has 0 aliphatic heterocycles. The van der Waals surface area contributed by atoms with Crippen LogP contribution in [0.2, 0.25) is 0 Å². The molecule has 0 aliphatic rings. The molecule has 0 radical (unpaired) electrons. The molecule has 0 heterocycles. The first-order chi connectivity index (χ1) is 11.3. The van der Waals surface area contributed by atoms with Crippen LogP contribution in [0.15, 0.2) is 23.1 Å². The molecule has 0 aromatic heterocycles. The summed E-state index contributed by atoms with van der Waals surface area (Å²) >= 11 is 0. The summed E-state index contributed by atoms with van der Waals surface area (Å²) in [6, 6.07) is 1.25. The van der Waals surface area contributed by atoms with Gasteiger partial charge in [0.25, 0.3) is 5.69 Å². The molecule has 1 rings (SSSR count). The van der Waals surface area contributed by atoms with Crippen molar-refractivity contribution in [2.75, 3.05) is 13.6 Å². The van der Waals surface area contributed by atoms with E-state index in [1.807, 2.05) is 13.8 Å². The SMILES string of the molecule is CC(C)C(N)CCN(C)S(=O)(=O)c1ccc([N+](=O)[O-])cc1C(F)(F)F. The molecule has 0 aliphatic carbocycles. The van der Waals surface area contributed by atoms with Crippen molar-refractivity contribution >= 4 is 15.7 Å². The number of hydrogen-bond donors (Lipinski definition) is 1. The van der Waals surface area contributed by atoms with E-state index in [9.17, 15) is 31.7 Å². The molecule has 11 heteroatoms. The van der Waals surface area contributed by atoms with Gasteiger partial charge in [0.2, 0.25) is 10.0 Å². The molecule has 0 fully saturated rings. The Morgan fingerprint density at radius 1 is 1.32 bits per heavy atom. The van der Waals surface area contributed by atoms with Crippen LogP contribution in [0.25, 0.3) is 0 Å². The van der Waals surface area contributed by atoms with Gasteiger partial charge in [-0.25, -0.2) is 12.7 Å². The Labute approximate surface area is 143 Å². The molecule has 142 valence electrons. The van der Waals surface area contributed by atoms with E-state index in [2.05, 4.69) is 0 Å². The van der Waals surface area contributed by atoms with Gasteiger partial charge in [-0.3, -0.25) is 10.1 Å². The summed E-state index contributed by atoms with van der Waals surface area (Å²) in [7, 11) is -3.34. The fraction of sp³-hybridized carbons (Fsp3) is 0.571. The lowest BCUT2D eigenvalue weighted by molar-refractivity contribution is -0.385. The van der Waals surface area contributed by atoms with Crippen molar-refractivity contribution in [3.8, 4) is 0 Å². The molecule has 7 nitrogen and oxygen atoms in total. The summed E-state index contributed by atoms with van der Waals surface area (Å²) in [6.45, 7) is 3.62. The standard InChI is InChI=1S/C14H20F3N3O4S/c1-9(2)12(18)6-7-19(3)25(23,24)13-5-4-10(20(21)22)8-11(13)14(15,16)17/h4-5,8-9,12H,6-7,18H2,1-3H3. The van der Waals surface area contributed by atoms with Gasteiger partial charge in [-0.1, -0.05) is 13.8 Å². The van der Waals surface area contributed by atoms with Crippen molar-refractivity contribution in [2.45, 2.75) is 37.4 Å². The van der Waals surface area contributed by atoms with Crippen molar-refractivity contribution in [3.05, 3.63) is 33.9 Å². The van der Waals surface area contributed by atoms with E-state index < -0.39 is 37.3 Å². The van der Waals surface area contributed by atoms with Crippen LogP contribution in [0, 0.1) is 16.0 Å². The highest BCUT2D eigenvalue weighted by atomic mass is 32.2. The molecular weight excluding hydrogens is 363 g/mol. The average molecular weight is 383 g/mol. The van der Waals surface area contributed by atoms with Crippen LogP contribution in [-0.4, -0.2) is 37.3 Å². The number of benzene rings is 1. The molecular formula is C14H20F3N3O4S. The fourth-order valence-electron chi connectivity index (χ4n) is 2.03. The molecule has 25 heavy (non-hydrogen) atoms. The van der Waals surface area contributed by atoms with Crippen molar-refractivity contribution < 1.29 is 26.5 Å². The first-order valence-electron chi connectivity index (χ1n) is 7.36. The molecule has 1 unspecified atom stereocenters. The first-order valence-corrected chi connectivity index (χ1v) is 8.80. The zero-order valence-corrected chi connectivity index (χ0v) is 14.8. The van der Waals surface area contributed by atoms with Gasteiger partial charge in [-0.05, 0) is 18.4 Å². The van der Waals surface area contributed by atoms with E-state index in [4.69, 9.17) is 5.73 Å². The Morgan fingerprint density at radius 3 is 2.32 bits per heavy atom. The highest BCUT2D eigenvalue weighted by molar-refractivity contribution is 7.89. The van der Waals surface area contributed by atoms with Crippen LogP contribution >= 0.6 is 0 Å². The Bertz CT molecular complexity index is 735. The maximum absolute atomic E-state index is 13.2. The number of halogens is 3. The number of nitrogens with two attached hydrogens (primary N) is 1. The summed E-state index contributed by atoms with van der Waals surface area (Å²) in [5.41, 5.74) is 3.42. The van der Waals surface area contributed by atoms with Crippen molar-refractivity contribution in [1.82, 2.24) is 4.31 Å². The van der Waals surface area contributed by atoms with Gasteiger partial charge in [-0.15, -0.1) is 0 Å². The van der Waals surface area contributed by atoms with Crippen LogP contribution in [-0.2, 0) is 16.2 Å². The largest absolute Gasteiger partial charge is 0.417 e. The lowest BCUT2D eigenvalue weighted by Crippen LogP contribution is -2.35. The minimum Gasteiger partial charge on any atom is -0.327 e. The third kappa shape index (κ3) is 5.13. The summed E-state index contributed by atoms with van der Waals surface area (Å²) in [6.07, 6.45) is -4.79. The molecule has 0 amide bonds. The lowest BCUT2D eigenvalue weighted by Gasteiger charge is -2.22. The second kappa shape index (κ2) is 7.67. The third-order valence-corrected chi connectivity index (χ3v) is 5.72. The summed E-state index contributed by atoms with van der Waals surface area (Å²) in [4.78, 5) is 8.64. The van der Waals surface area contributed by atoms with Gasteiger partial charge in [0.05, 0.1) is 15.4 Å². The molecule has 1 aromatic carbocycles. The van der Waals surface area contributed by atoms with E-state index >= 15 is 0 Å². The Hall–Kier alpha value is -1.72. The second-order valence-corrected chi connectivity index (χ2v) is 7.97. The van der Waals surface area contributed by atoms with E-state index in [0.717, 1.165) is 17.4 Å². The van der Waals surface area contributed by atoms with Gasteiger partial charge in [0, 0.05) is 31.8 Å². The highest BCUT2D eigenvalue weighted by Crippen LogP contribution is 2.37. The molecule has 0 spiro atoms. The zero-order valence-electron chi connectivity index (χ0n) is 13.9. The van der Waals surface area contributed by atoms with Crippen LogP contribution < -0.4 is 5.73 Å². The number of sulfonamides is 1. The average Bonchev–Trinajstić information content (AvgIpc) is 2.50. The third-order valence-electron chi connectivity index (χ3n) is 3.80. The second-order valence-electron chi connectivity index (χ2n) is 5.96. The predicted molar refractivity (Wildman–Crippen MR) is 85.3 cm³/mol. The smallest absolute Gasteiger partial charge is 0.327 e. The van der Waals surface area contributed by atoms with Crippen LogP contribution in [0.5, 0.6) is 0 Å². The topological polar surface area (TPSA) is 107 Å². The first kappa shape index (κ1) is 21.3. The van der Waals surface area contributed by atoms with Crippen molar-refractivity contribution in [1.29, 1.82) is 0 Å². The number of nitro groups is 1. The van der Waals surface area contributed by atoms with Gasteiger partial charge in [0.15, 0.2) is 0 Å². The minimum atomic E-state index is -5.05. The summed E-state index contributed by atoms with van der Waals surface area (Å²) < 4.78 is 65.3. The maximum atomic E-state index is 13.2. The Morgan fingerprint density at radius 2 is 1.88 bits per heavy atom. The zero-order chi connectivity index (χ0) is 19.6. The number of nitrogens with zero attached hydrogens (tertiary/aromatic N) is 2. The van der Waals surface area contributed by atoms with E-state index in [0.29, 0.717) is 6.07 Å². The minimum absolute atomic E-state index is 0.0734. The van der Waals surface area contributed by atoms with Gasteiger partial charge in [0.1, 0.15) is 0 Å². The Kier molecular flexibility index (Phi) is 6.54. The number of nitro benzene ring substituents is 1. The maximum Gasteiger partial charge on any atom is 0.417 e. The van der Waals surface area contributed by atoms with E-state index in [-0.39, 0.29) is 31.0 Å². The Balaban J connectivity index is 3.26. The quantitative estimate of drug-likeness (QED) is 0.575. The molecule has 2 N–H and O–H groups in total. The molecule has 0 bridgehead atoms. The fourth-order valence-corrected chi connectivity index (χ4v) is 3.40. The predicted octanol–water partition coefficient (Wildman–Crippen LogP) is 2.61. The number of rotatable bonds is 7. The summed E-state index contributed by atoms with van der Waals surface area (Å²) in [5, 5.41) is 10.7. The van der Waals surface area contributed by atoms with Gasteiger partial charge >= 0.3 is 6.18 Å². The number of alkyl halides is 3. The van der Waals surface area contributed by atoms with Crippen molar-refractivity contribution in [2.24, 2.45) is 11.7 Å². The van der Waals surface area contributed by atoms with Gasteiger partial charge in [-0.2, -0.15) is 13.2 Å². The van der Waals surface area contributed by atoms with Crippen LogP contribution in [0.1, 0.15) is 25.8 Å². The van der Waals surface area contributed by atoms with E-state index in [1.165, 1.54) is 0 Å². The van der Waals surface area contributed by atoms with Crippen LogP contribution in [0.4, 0.5) is 18.9 Å². The molecule has 0 saturated heterocycles. The number of non-ortho nitro benzene ring substituents is 1. The summed E-state index contributed by atoms with van der Waals surface area (Å²) in [5.74, 6) is 0.0845. The molecule has 1 aromatic rings. The lowest BCUT2D eigenvalue weighted by atomic mass is 10.0. The van der Waals surface area contributed by atoms with Gasteiger partial charge < -0.3 is 5.73 Å². The number of hydrogen-bond acceptors (Lipinski definition) is 5. The van der Waals surface area contributed by atoms with Crippen molar-refractivity contribution in [3.63, 3.8) is 0 Å². The normalized spacial score (nSPS) is 14.1. The molecule has 0 saturated carbocycles. The highest BCUT2D eigenvalue weighted by Gasteiger charge is 2.39. The molecule has 1 atom stereocenters. The van der Waals surface area contributed by atoms with Crippen LogP contribution in [0.3, 0.4) is 0 Å². The monoisotopic (exact) mass is 383 g/mol. The van der Waals surface area contributed by atoms with E-state index in [1.54, 1.807) is 0 Å².